The molecule has 1 fully saturated rings. The van der Waals surface area contributed by atoms with E-state index in [2.05, 4.69) is 26.3 Å². The van der Waals surface area contributed by atoms with Crippen LogP contribution in [0.15, 0.2) is 24.3 Å². The lowest BCUT2D eigenvalue weighted by atomic mass is 9.97. The zero-order chi connectivity index (χ0) is 18.5. The van der Waals surface area contributed by atoms with E-state index >= 15 is 0 Å². The van der Waals surface area contributed by atoms with Crippen molar-refractivity contribution in [3.8, 4) is 0 Å². The Morgan fingerprint density at radius 3 is 2.73 bits per heavy atom. The molecule has 0 spiro atoms. The van der Waals surface area contributed by atoms with E-state index < -0.39 is 6.04 Å². The SMILES string of the molecule is CC(=O)NC(C(=O)NCCCn1c(C)nc2ccccc21)C1CCCC1. The number of carbonyl (C=O) groups excluding carboxylic acids is 2. The van der Waals surface area contributed by atoms with Crippen molar-refractivity contribution < 1.29 is 9.59 Å². The highest BCUT2D eigenvalue weighted by atomic mass is 16.2. The Bertz CT molecular complexity index is 777. The molecule has 1 heterocycles. The summed E-state index contributed by atoms with van der Waals surface area (Å²) in [6, 6.07) is 7.69. The van der Waals surface area contributed by atoms with Gasteiger partial charge < -0.3 is 15.2 Å². The number of nitrogens with one attached hydrogen (secondary N) is 2. The number of hydrogen-bond acceptors (Lipinski definition) is 3. The number of aromatic nitrogens is 2. The van der Waals surface area contributed by atoms with Crippen LogP contribution < -0.4 is 10.6 Å². The number of rotatable bonds is 7. The fourth-order valence-electron chi connectivity index (χ4n) is 3.94. The summed E-state index contributed by atoms with van der Waals surface area (Å²) in [5, 5.41) is 5.85. The van der Waals surface area contributed by atoms with Crippen LogP contribution in [0.2, 0.25) is 0 Å². The van der Waals surface area contributed by atoms with Gasteiger partial charge in [0.2, 0.25) is 11.8 Å². The maximum absolute atomic E-state index is 12.6. The van der Waals surface area contributed by atoms with Crippen molar-refractivity contribution in [3.63, 3.8) is 0 Å². The lowest BCUT2D eigenvalue weighted by Crippen LogP contribution is -2.50. The molecule has 2 amide bonds. The summed E-state index contributed by atoms with van der Waals surface area (Å²) in [6.45, 7) is 4.88. The first-order valence-corrected chi connectivity index (χ1v) is 9.53. The Kier molecular flexibility index (Phi) is 5.91. The van der Waals surface area contributed by atoms with Crippen LogP contribution in [0.25, 0.3) is 11.0 Å². The number of fused-ring (bicyclic) bond motifs is 1. The molecule has 1 atom stereocenters. The van der Waals surface area contributed by atoms with Crippen LogP contribution in [0.4, 0.5) is 0 Å². The second kappa shape index (κ2) is 8.34. The van der Waals surface area contributed by atoms with Gasteiger partial charge in [-0.15, -0.1) is 0 Å². The molecule has 2 N–H and O–H groups in total. The number of benzene rings is 1. The summed E-state index contributed by atoms with van der Waals surface area (Å²) < 4.78 is 2.18. The maximum Gasteiger partial charge on any atom is 0.242 e. The largest absolute Gasteiger partial charge is 0.354 e. The third kappa shape index (κ3) is 4.23. The summed E-state index contributed by atoms with van der Waals surface area (Å²) in [5.41, 5.74) is 2.12. The average molecular weight is 356 g/mol. The molecule has 2 aromatic rings. The van der Waals surface area contributed by atoms with Gasteiger partial charge in [-0.25, -0.2) is 4.98 Å². The minimum absolute atomic E-state index is 0.0562. The molecule has 0 saturated heterocycles. The van der Waals surface area contributed by atoms with Crippen LogP contribution in [0, 0.1) is 12.8 Å². The summed E-state index contributed by atoms with van der Waals surface area (Å²) in [6.07, 6.45) is 5.13. The molecule has 1 aliphatic carbocycles. The molecule has 0 radical (unpaired) electrons. The molecule has 1 saturated carbocycles. The van der Waals surface area contributed by atoms with E-state index in [4.69, 9.17) is 0 Å². The quantitative estimate of drug-likeness (QED) is 0.749. The highest BCUT2D eigenvalue weighted by Crippen LogP contribution is 2.27. The molecular formula is C20H28N4O2. The van der Waals surface area contributed by atoms with E-state index in [1.165, 1.54) is 6.92 Å². The Hall–Kier alpha value is -2.37. The van der Waals surface area contributed by atoms with Crippen LogP contribution in [-0.2, 0) is 16.1 Å². The van der Waals surface area contributed by atoms with Gasteiger partial charge in [0.05, 0.1) is 11.0 Å². The maximum atomic E-state index is 12.6. The highest BCUT2D eigenvalue weighted by molar-refractivity contribution is 5.87. The van der Waals surface area contributed by atoms with E-state index in [0.29, 0.717) is 6.54 Å². The third-order valence-electron chi connectivity index (χ3n) is 5.22. The minimum Gasteiger partial charge on any atom is -0.354 e. The number of hydrogen-bond donors (Lipinski definition) is 2. The van der Waals surface area contributed by atoms with Crippen molar-refractivity contribution in [2.24, 2.45) is 5.92 Å². The lowest BCUT2D eigenvalue weighted by molar-refractivity contribution is -0.129. The van der Waals surface area contributed by atoms with Gasteiger partial charge in [-0.1, -0.05) is 25.0 Å². The number of nitrogens with zero attached hydrogens (tertiary/aromatic N) is 2. The molecule has 1 unspecified atom stereocenters. The number of aryl methyl sites for hydroxylation is 2. The minimum atomic E-state index is -0.397. The summed E-state index contributed by atoms with van der Waals surface area (Å²) >= 11 is 0. The first-order chi connectivity index (χ1) is 12.6. The predicted octanol–water partition coefficient (Wildman–Crippen LogP) is 2.55. The smallest absolute Gasteiger partial charge is 0.242 e. The highest BCUT2D eigenvalue weighted by Gasteiger charge is 2.30. The van der Waals surface area contributed by atoms with E-state index in [-0.39, 0.29) is 17.7 Å². The van der Waals surface area contributed by atoms with Crippen LogP contribution in [0.3, 0.4) is 0 Å². The Labute approximate surface area is 154 Å². The topological polar surface area (TPSA) is 76.0 Å². The summed E-state index contributed by atoms with van der Waals surface area (Å²) in [4.78, 5) is 28.6. The van der Waals surface area contributed by atoms with Crippen LogP contribution in [0.1, 0.15) is 44.9 Å². The van der Waals surface area contributed by atoms with Gasteiger partial charge in [-0.2, -0.15) is 0 Å². The van der Waals surface area contributed by atoms with E-state index in [9.17, 15) is 9.59 Å². The van der Waals surface area contributed by atoms with Gasteiger partial charge in [-0.05, 0) is 44.2 Å². The number of para-hydroxylation sites is 2. The first kappa shape index (κ1) is 18.4. The molecule has 1 aromatic carbocycles. The normalized spacial score (nSPS) is 15.9. The average Bonchev–Trinajstić information content (AvgIpc) is 3.24. The van der Waals surface area contributed by atoms with Crippen LogP contribution >= 0.6 is 0 Å². The van der Waals surface area contributed by atoms with Gasteiger partial charge in [0.15, 0.2) is 0 Å². The Balaban J connectivity index is 1.53. The molecular weight excluding hydrogens is 328 g/mol. The second-order valence-corrected chi connectivity index (χ2v) is 7.17. The molecule has 140 valence electrons. The van der Waals surface area contributed by atoms with E-state index in [0.717, 1.165) is 55.5 Å². The molecule has 3 rings (SSSR count). The third-order valence-corrected chi connectivity index (χ3v) is 5.22. The molecule has 1 aliphatic rings. The lowest BCUT2D eigenvalue weighted by Gasteiger charge is -2.23. The summed E-state index contributed by atoms with van der Waals surface area (Å²) in [5.74, 6) is 1.05. The number of imidazole rings is 1. The molecule has 0 bridgehead atoms. The van der Waals surface area contributed by atoms with Gasteiger partial charge in [0.25, 0.3) is 0 Å². The first-order valence-electron chi connectivity index (χ1n) is 9.53. The van der Waals surface area contributed by atoms with Crippen molar-refractivity contribution >= 4 is 22.8 Å². The summed E-state index contributed by atoms with van der Waals surface area (Å²) in [7, 11) is 0. The predicted molar refractivity (Wildman–Crippen MR) is 102 cm³/mol. The van der Waals surface area contributed by atoms with Gasteiger partial charge in [0, 0.05) is 20.0 Å². The Morgan fingerprint density at radius 2 is 2.00 bits per heavy atom. The van der Waals surface area contributed by atoms with E-state index in [1.54, 1.807) is 0 Å². The van der Waals surface area contributed by atoms with Crippen molar-refractivity contribution in [3.05, 3.63) is 30.1 Å². The van der Waals surface area contributed by atoms with Gasteiger partial charge in [0.1, 0.15) is 11.9 Å². The molecule has 0 aliphatic heterocycles. The van der Waals surface area contributed by atoms with Gasteiger partial charge in [-0.3, -0.25) is 9.59 Å². The van der Waals surface area contributed by atoms with Crippen molar-refractivity contribution in [2.75, 3.05) is 6.54 Å². The molecule has 26 heavy (non-hydrogen) atoms. The molecule has 1 aromatic heterocycles. The molecule has 6 nitrogen and oxygen atoms in total. The fraction of sp³-hybridized carbons (Fsp3) is 0.550. The zero-order valence-corrected chi connectivity index (χ0v) is 15.6. The fourth-order valence-corrected chi connectivity index (χ4v) is 3.94. The van der Waals surface area contributed by atoms with Gasteiger partial charge >= 0.3 is 0 Å². The van der Waals surface area contributed by atoms with Crippen LogP contribution in [-0.4, -0.2) is 34.0 Å². The Morgan fingerprint density at radius 1 is 1.27 bits per heavy atom. The zero-order valence-electron chi connectivity index (χ0n) is 15.6. The van der Waals surface area contributed by atoms with Crippen LogP contribution in [0.5, 0.6) is 0 Å². The van der Waals surface area contributed by atoms with Crippen molar-refractivity contribution in [1.82, 2.24) is 20.2 Å². The van der Waals surface area contributed by atoms with Crippen molar-refractivity contribution in [1.29, 1.82) is 0 Å². The van der Waals surface area contributed by atoms with Crippen molar-refractivity contribution in [2.45, 2.75) is 58.5 Å². The standard InChI is InChI=1S/C20H28N4O2/c1-14-22-17-10-5-6-11-18(17)24(14)13-7-12-21-20(26)19(23-15(2)25)16-8-3-4-9-16/h5-6,10-11,16,19H,3-4,7-9,12-13H2,1-2H3,(H,21,26)(H,23,25). The monoisotopic (exact) mass is 356 g/mol. The van der Waals surface area contributed by atoms with E-state index in [1.807, 2.05) is 25.1 Å². The second-order valence-electron chi connectivity index (χ2n) is 7.17. The number of amides is 2. The molecule has 6 heteroatoms. The number of carbonyl (C=O) groups is 2.